The monoisotopic (exact) mass is 230 g/mol. The lowest BCUT2D eigenvalue weighted by Crippen LogP contribution is -2.19. The van der Waals surface area contributed by atoms with Crippen LogP contribution in [-0.2, 0) is 6.42 Å². The van der Waals surface area contributed by atoms with Crippen LogP contribution in [0.1, 0.15) is 17.3 Å². The SMILES string of the molecule is CNC(Cc1ccccn1)c1cccc(F)c1. The molecule has 2 nitrogen and oxygen atoms in total. The van der Waals surface area contributed by atoms with Crippen LogP contribution in [0.4, 0.5) is 4.39 Å². The molecule has 1 atom stereocenters. The second-order valence-electron chi connectivity index (χ2n) is 3.92. The van der Waals surface area contributed by atoms with Gasteiger partial charge in [0, 0.05) is 24.4 Å². The molecule has 1 unspecified atom stereocenters. The van der Waals surface area contributed by atoms with E-state index in [1.807, 2.05) is 31.3 Å². The van der Waals surface area contributed by atoms with Crippen molar-refractivity contribution in [3.63, 3.8) is 0 Å². The van der Waals surface area contributed by atoms with E-state index < -0.39 is 0 Å². The van der Waals surface area contributed by atoms with Crippen molar-refractivity contribution in [3.8, 4) is 0 Å². The van der Waals surface area contributed by atoms with Crippen molar-refractivity contribution in [2.24, 2.45) is 0 Å². The molecule has 0 aliphatic carbocycles. The fraction of sp³-hybridized carbons (Fsp3) is 0.214. The molecule has 0 aliphatic rings. The lowest BCUT2D eigenvalue weighted by Gasteiger charge is -2.16. The highest BCUT2D eigenvalue weighted by atomic mass is 19.1. The molecule has 0 bridgehead atoms. The zero-order valence-electron chi connectivity index (χ0n) is 9.73. The van der Waals surface area contributed by atoms with Crippen LogP contribution in [0.2, 0.25) is 0 Å². The Bertz CT molecular complexity index is 471. The molecular formula is C14H15FN2. The van der Waals surface area contributed by atoms with Gasteiger partial charge in [-0.1, -0.05) is 18.2 Å². The van der Waals surface area contributed by atoms with E-state index in [0.717, 1.165) is 17.7 Å². The first-order valence-corrected chi connectivity index (χ1v) is 5.62. The Labute approximate surface area is 101 Å². The van der Waals surface area contributed by atoms with Crippen molar-refractivity contribution in [1.29, 1.82) is 0 Å². The first-order valence-electron chi connectivity index (χ1n) is 5.62. The summed E-state index contributed by atoms with van der Waals surface area (Å²) in [4.78, 5) is 4.28. The van der Waals surface area contributed by atoms with Gasteiger partial charge in [-0.05, 0) is 36.9 Å². The molecule has 17 heavy (non-hydrogen) atoms. The van der Waals surface area contributed by atoms with E-state index in [1.165, 1.54) is 6.07 Å². The van der Waals surface area contributed by atoms with Gasteiger partial charge in [0.05, 0.1) is 0 Å². The number of rotatable bonds is 4. The molecule has 1 N–H and O–H groups in total. The highest BCUT2D eigenvalue weighted by Crippen LogP contribution is 2.17. The van der Waals surface area contributed by atoms with Crippen LogP contribution in [0.3, 0.4) is 0 Å². The number of nitrogens with one attached hydrogen (secondary N) is 1. The van der Waals surface area contributed by atoms with Gasteiger partial charge < -0.3 is 5.32 Å². The quantitative estimate of drug-likeness (QED) is 0.873. The van der Waals surface area contributed by atoms with Crippen LogP contribution in [0, 0.1) is 5.82 Å². The molecule has 0 fully saturated rings. The van der Waals surface area contributed by atoms with Crippen LogP contribution < -0.4 is 5.32 Å². The van der Waals surface area contributed by atoms with Gasteiger partial charge in [0.15, 0.2) is 0 Å². The molecule has 2 rings (SSSR count). The van der Waals surface area contributed by atoms with Crippen LogP contribution in [-0.4, -0.2) is 12.0 Å². The highest BCUT2D eigenvalue weighted by molar-refractivity contribution is 5.22. The summed E-state index contributed by atoms with van der Waals surface area (Å²) in [5, 5.41) is 3.19. The molecule has 0 amide bonds. The standard InChI is InChI=1S/C14H15FN2/c1-16-14(10-13-7-2-3-8-17-13)11-5-4-6-12(15)9-11/h2-9,14,16H,10H2,1H3. The van der Waals surface area contributed by atoms with Gasteiger partial charge in [0.2, 0.25) is 0 Å². The minimum atomic E-state index is -0.205. The zero-order valence-corrected chi connectivity index (χ0v) is 9.73. The van der Waals surface area contributed by atoms with Gasteiger partial charge in [-0.3, -0.25) is 4.98 Å². The molecule has 0 aliphatic heterocycles. The third kappa shape index (κ3) is 3.11. The van der Waals surface area contributed by atoms with Crippen LogP contribution in [0.15, 0.2) is 48.7 Å². The first kappa shape index (κ1) is 11.7. The predicted molar refractivity (Wildman–Crippen MR) is 66.1 cm³/mol. The van der Waals surface area contributed by atoms with E-state index in [0.29, 0.717) is 0 Å². The number of likely N-dealkylation sites (N-methyl/N-ethyl adjacent to an activating group) is 1. The molecule has 1 aromatic heterocycles. The zero-order chi connectivity index (χ0) is 12.1. The second kappa shape index (κ2) is 5.55. The summed E-state index contributed by atoms with van der Waals surface area (Å²) < 4.78 is 13.2. The molecule has 3 heteroatoms. The van der Waals surface area contributed by atoms with Gasteiger partial charge in [-0.15, -0.1) is 0 Å². The summed E-state index contributed by atoms with van der Waals surface area (Å²) in [7, 11) is 1.87. The highest BCUT2D eigenvalue weighted by Gasteiger charge is 2.11. The molecule has 88 valence electrons. The minimum Gasteiger partial charge on any atom is -0.313 e. The maximum atomic E-state index is 13.2. The van der Waals surface area contributed by atoms with E-state index in [2.05, 4.69) is 10.3 Å². The van der Waals surface area contributed by atoms with E-state index in [9.17, 15) is 4.39 Å². The van der Waals surface area contributed by atoms with E-state index in [-0.39, 0.29) is 11.9 Å². The molecule has 0 saturated heterocycles. The summed E-state index contributed by atoms with van der Waals surface area (Å²) in [6, 6.07) is 12.6. The van der Waals surface area contributed by atoms with Crippen LogP contribution in [0.25, 0.3) is 0 Å². The van der Waals surface area contributed by atoms with Crippen molar-refractivity contribution >= 4 is 0 Å². The average Bonchev–Trinajstić information content (AvgIpc) is 2.37. The molecule has 0 spiro atoms. The van der Waals surface area contributed by atoms with E-state index >= 15 is 0 Å². The summed E-state index contributed by atoms with van der Waals surface area (Å²) >= 11 is 0. The lowest BCUT2D eigenvalue weighted by molar-refractivity contribution is 0.571. The number of hydrogen-bond acceptors (Lipinski definition) is 2. The number of pyridine rings is 1. The fourth-order valence-electron chi connectivity index (χ4n) is 1.84. The van der Waals surface area contributed by atoms with Gasteiger partial charge in [-0.2, -0.15) is 0 Å². The normalized spacial score (nSPS) is 12.4. The van der Waals surface area contributed by atoms with E-state index in [4.69, 9.17) is 0 Å². The van der Waals surface area contributed by atoms with Crippen molar-refractivity contribution in [3.05, 3.63) is 65.7 Å². The first-order chi connectivity index (χ1) is 8.29. The Morgan fingerprint density at radius 1 is 1.24 bits per heavy atom. The fourth-order valence-corrected chi connectivity index (χ4v) is 1.84. The topological polar surface area (TPSA) is 24.9 Å². The Hall–Kier alpha value is -1.74. The molecule has 0 radical (unpaired) electrons. The molecule has 1 heterocycles. The Kier molecular flexibility index (Phi) is 3.83. The number of hydrogen-bond donors (Lipinski definition) is 1. The summed E-state index contributed by atoms with van der Waals surface area (Å²) in [6.07, 6.45) is 2.52. The largest absolute Gasteiger partial charge is 0.313 e. The number of aromatic nitrogens is 1. The maximum Gasteiger partial charge on any atom is 0.123 e. The Morgan fingerprint density at radius 2 is 2.12 bits per heavy atom. The van der Waals surface area contributed by atoms with Crippen LogP contribution >= 0.6 is 0 Å². The third-order valence-electron chi connectivity index (χ3n) is 2.74. The summed E-state index contributed by atoms with van der Waals surface area (Å²) in [6.45, 7) is 0. The molecule has 1 aromatic carbocycles. The summed E-state index contributed by atoms with van der Waals surface area (Å²) in [5.74, 6) is -0.205. The van der Waals surface area contributed by atoms with E-state index in [1.54, 1.807) is 18.3 Å². The maximum absolute atomic E-state index is 13.2. The number of nitrogens with zero attached hydrogens (tertiary/aromatic N) is 1. The molecular weight excluding hydrogens is 215 g/mol. The van der Waals surface area contributed by atoms with Crippen molar-refractivity contribution < 1.29 is 4.39 Å². The van der Waals surface area contributed by atoms with Crippen molar-refractivity contribution in [1.82, 2.24) is 10.3 Å². The molecule has 0 saturated carbocycles. The van der Waals surface area contributed by atoms with Gasteiger partial charge >= 0.3 is 0 Å². The van der Waals surface area contributed by atoms with Gasteiger partial charge in [-0.25, -0.2) is 4.39 Å². The van der Waals surface area contributed by atoms with Crippen molar-refractivity contribution in [2.45, 2.75) is 12.5 Å². The average molecular weight is 230 g/mol. The predicted octanol–water partition coefficient (Wildman–Crippen LogP) is 2.72. The minimum absolute atomic E-state index is 0.0839. The van der Waals surface area contributed by atoms with Gasteiger partial charge in [0.1, 0.15) is 5.82 Å². The number of halogens is 1. The lowest BCUT2D eigenvalue weighted by atomic mass is 10.0. The van der Waals surface area contributed by atoms with Crippen molar-refractivity contribution in [2.75, 3.05) is 7.05 Å². The number of benzene rings is 1. The Morgan fingerprint density at radius 3 is 2.76 bits per heavy atom. The third-order valence-corrected chi connectivity index (χ3v) is 2.74. The molecule has 2 aromatic rings. The van der Waals surface area contributed by atoms with Gasteiger partial charge in [0.25, 0.3) is 0 Å². The van der Waals surface area contributed by atoms with Crippen LogP contribution in [0.5, 0.6) is 0 Å². The summed E-state index contributed by atoms with van der Waals surface area (Å²) in [5.41, 5.74) is 1.94. The smallest absolute Gasteiger partial charge is 0.123 e. The Balaban J connectivity index is 2.17. The second-order valence-corrected chi connectivity index (χ2v) is 3.92.